The Balaban J connectivity index is 1.50. The Labute approximate surface area is 254 Å². The van der Waals surface area contributed by atoms with Crippen LogP contribution < -0.4 is 5.32 Å². The fourth-order valence-corrected chi connectivity index (χ4v) is 5.26. The fourth-order valence-electron chi connectivity index (χ4n) is 5.26. The van der Waals surface area contributed by atoms with E-state index in [0.29, 0.717) is 6.54 Å². The van der Waals surface area contributed by atoms with Gasteiger partial charge in [0.05, 0.1) is 18.8 Å². The van der Waals surface area contributed by atoms with Crippen LogP contribution in [0.4, 0.5) is 0 Å². The van der Waals surface area contributed by atoms with Crippen LogP contribution in [0.2, 0.25) is 0 Å². The maximum Gasteiger partial charge on any atom is 0.303 e. The maximum absolute atomic E-state index is 12.2. The molecule has 0 radical (unpaired) electrons. The predicted octanol–water partition coefficient (Wildman–Crippen LogP) is 5.32. The molecule has 0 aliphatic carbocycles. The topological polar surface area (TPSA) is 97.3 Å². The molecule has 3 aromatic carbocycles. The third kappa shape index (κ3) is 8.61. The largest absolute Gasteiger partial charge is 0.453 e. The van der Waals surface area contributed by atoms with Crippen molar-refractivity contribution in [3.8, 4) is 11.1 Å². The summed E-state index contributed by atoms with van der Waals surface area (Å²) in [5, 5.41) is 12.3. The Kier molecular flexibility index (Phi) is 11.3. The lowest BCUT2D eigenvalue weighted by atomic mass is 9.90. The van der Waals surface area contributed by atoms with E-state index in [0.717, 1.165) is 46.5 Å². The van der Waals surface area contributed by atoms with Crippen LogP contribution in [0.25, 0.3) is 11.1 Å². The van der Waals surface area contributed by atoms with Crippen molar-refractivity contribution >= 4 is 11.9 Å². The van der Waals surface area contributed by atoms with Gasteiger partial charge in [-0.1, -0.05) is 79.7 Å². The predicted molar refractivity (Wildman–Crippen MR) is 166 cm³/mol. The van der Waals surface area contributed by atoms with Crippen molar-refractivity contribution in [1.29, 1.82) is 0 Å². The summed E-state index contributed by atoms with van der Waals surface area (Å²) >= 11 is 0. The zero-order chi connectivity index (χ0) is 30.9. The van der Waals surface area contributed by atoms with E-state index >= 15 is 0 Å². The van der Waals surface area contributed by atoms with Gasteiger partial charge in [0.2, 0.25) is 0 Å². The van der Waals surface area contributed by atoms with Gasteiger partial charge < -0.3 is 29.5 Å². The summed E-state index contributed by atoms with van der Waals surface area (Å²) in [6, 6.07) is 24.0. The van der Waals surface area contributed by atoms with E-state index in [1.54, 1.807) is 6.92 Å². The standard InChI is InChI=1S/C35H42N2O6/c1-6-18-37(5)21-32-23(2)33(29-12-10-26(22-38)11-13-29)43-35(42-32)30-16-14-28(15-17-30)31-9-7-8-27(19-31)20-36-34(40)24(3)41-25(4)39/h6-17,19,23-24,32-33,35,38H,1,18,20-22H2,2-5H3,(H,36,40). The summed E-state index contributed by atoms with van der Waals surface area (Å²) in [4.78, 5) is 25.6. The van der Waals surface area contributed by atoms with Gasteiger partial charge in [-0.25, -0.2) is 0 Å². The van der Waals surface area contributed by atoms with Gasteiger partial charge in [-0.3, -0.25) is 9.59 Å². The van der Waals surface area contributed by atoms with Gasteiger partial charge in [0.15, 0.2) is 12.4 Å². The molecule has 1 aliphatic heterocycles. The number of carbonyl (C=O) groups is 2. The minimum absolute atomic E-state index is 0.00124. The summed E-state index contributed by atoms with van der Waals surface area (Å²) in [5.41, 5.74) is 5.80. The van der Waals surface area contributed by atoms with Crippen molar-refractivity contribution in [2.75, 3.05) is 20.1 Å². The number of rotatable bonds is 12. The van der Waals surface area contributed by atoms with Crippen LogP contribution >= 0.6 is 0 Å². The first-order chi connectivity index (χ1) is 20.7. The maximum atomic E-state index is 12.2. The van der Waals surface area contributed by atoms with E-state index in [9.17, 15) is 14.7 Å². The number of ether oxygens (including phenoxy) is 3. The molecule has 1 aliphatic rings. The summed E-state index contributed by atoms with van der Waals surface area (Å²) in [5.74, 6) is -0.735. The van der Waals surface area contributed by atoms with Gasteiger partial charge >= 0.3 is 5.97 Å². The molecule has 43 heavy (non-hydrogen) atoms. The van der Waals surface area contributed by atoms with E-state index in [4.69, 9.17) is 14.2 Å². The van der Waals surface area contributed by atoms with Gasteiger partial charge in [-0.05, 0) is 47.9 Å². The Hall–Kier alpha value is -3.82. The van der Waals surface area contributed by atoms with Gasteiger partial charge in [-0.2, -0.15) is 0 Å². The molecule has 0 spiro atoms. The van der Waals surface area contributed by atoms with Gasteiger partial charge in [0.25, 0.3) is 5.91 Å². The highest BCUT2D eigenvalue weighted by atomic mass is 16.7. The number of aliphatic hydroxyl groups is 1. The van der Waals surface area contributed by atoms with Crippen molar-refractivity contribution < 1.29 is 28.9 Å². The second-order valence-corrected chi connectivity index (χ2v) is 11.1. The van der Waals surface area contributed by atoms with Crippen molar-refractivity contribution in [3.63, 3.8) is 0 Å². The molecule has 1 saturated heterocycles. The summed E-state index contributed by atoms with van der Waals surface area (Å²) in [6.07, 6.45) is 0.250. The number of likely N-dealkylation sites (N-methyl/N-ethyl adjacent to an activating group) is 1. The van der Waals surface area contributed by atoms with E-state index in [1.807, 2.05) is 78.9 Å². The molecule has 1 amide bonds. The smallest absolute Gasteiger partial charge is 0.303 e. The average Bonchev–Trinajstić information content (AvgIpc) is 3.01. The SMILES string of the molecule is C=CCN(C)CC1OC(c2ccc(-c3cccc(CNC(=O)C(C)OC(C)=O)c3)cc2)OC(c2ccc(CO)cc2)C1C. The number of nitrogens with zero attached hydrogens (tertiary/aromatic N) is 1. The van der Waals surface area contributed by atoms with E-state index in [2.05, 4.69) is 30.8 Å². The Bertz CT molecular complexity index is 1370. The molecule has 0 bridgehead atoms. The van der Waals surface area contributed by atoms with Crippen LogP contribution in [0, 0.1) is 5.92 Å². The van der Waals surface area contributed by atoms with Crippen LogP contribution in [-0.4, -0.2) is 54.2 Å². The lowest BCUT2D eigenvalue weighted by molar-refractivity contribution is -0.275. The Morgan fingerprint density at radius 1 is 1.02 bits per heavy atom. The molecule has 228 valence electrons. The molecule has 5 unspecified atom stereocenters. The summed E-state index contributed by atoms with van der Waals surface area (Å²) in [6.45, 7) is 10.7. The number of aliphatic hydroxyl groups excluding tert-OH is 1. The first kappa shape index (κ1) is 32.1. The van der Waals surface area contributed by atoms with Crippen LogP contribution in [0.1, 0.15) is 55.4 Å². The number of carbonyl (C=O) groups excluding carboxylic acids is 2. The van der Waals surface area contributed by atoms with Gasteiger partial charge in [-0.15, -0.1) is 6.58 Å². The zero-order valence-electron chi connectivity index (χ0n) is 25.4. The van der Waals surface area contributed by atoms with E-state index in [1.165, 1.54) is 6.92 Å². The summed E-state index contributed by atoms with van der Waals surface area (Å²) in [7, 11) is 2.06. The van der Waals surface area contributed by atoms with Crippen LogP contribution in [0.5, 0.6) is 0 Å². The van der Waals surface area contributed by atoms with Crippen molar-refractivity contribution in [2.24, 2.45) is 5.92 Å². The molecule has 4 rings (SSSR count). The molecule has 3 aromatic rings. The molecular formula is C35H42N2O6. The highest BCUT2D eigenvalue weighted by Crippen LogP contribution is 2.42. The van der Waals surface area contributed by atoms with Crippen LogP contribution in [0.3, 0.4) is 0 Å². The Morgan fingerprint density at radius 3 is 2.37 bits per heavy atom. The average molecular weight is 587 g/mol. The first-order valence-electron chi connectivity index (χ1n) is 14.6. The molecule has 1 heterocycles. The van der Waals surface area contributed by atoms with Gasteiger partial charge in [0, 0.05) is 38.0 Å². The second kappa shape index (κ2) is 15.1. The molecule has 1 fully saturated rings. The third-order valence-electron chi connectivity index (χ3n) is 7.68. The number of hydrogen-bond acceptors (Lipinski definition) is 7. The Morgan fingerprint density at radius 2 is 1.72 bits per heavy atom. The van der Waals surface area contributed by atoms with Crippen molar-refractivity contribution in [2.45, 2.75) is 58.5 Å². The minimum Gasteiger partial charge on any atom is -0.453 e. The second-order valence-electron chi connectivity index (χ2n) is 11.1. The number of esters is 1. The number of amides is 1. The third-order valence-corrected chi connectivity index (χ3v) is 7.68. The first-order valence-corrected chi connectivity index (χ1v) is 14.6. The van der Waals surface area contributed by atoms with Crippen LogP contribution in [0.15, 0.2) is 85.5 Å². The number of hydrogen-bond donors (Lipinski definition) is 2. The molecule has 5 atom stereocenters. The van der Waals surface area contributed by atoms with E-state index < -0.39 is 18.4 Å². The highest BCUT2D eigenvalue weighted by Gasteiger charge is 2.38. The molecule has 2 N–H and O–H groups in total. The lowest BCUT2D eigenvalue weighted by Gasteiger charge is -2.42. The highest BCUT2D eigenvalue weighted by molar-refractivity contribution is 5.82. The quantitative estimate of drug-likeness (QED) is 0.219. The van der Waals surface area contributed by atoms with Crippen molar-refractivity contribution in [3.05, 3.63) is 108 Å². The van der Waals surface area contributed by atoms with Crippen molar-refractivity contribution in [1.82, 2.24) is 10.2 Å². The molecule has 8 nitrogen and oxygen atoms in total. The van der Waals surface area contributed by atoms with E-state index in [-0.39, 0.29) is 30.6 Å². The monoisotopic (exact) mass is 586 g/mol. The lowest BCUT2D eigenvalue weighted by Crippen LogP contribution is -2.43. The van der Waals surface area contributed by atoms with Gasteiger partial charge in [0.1, 0.15) is 0 Å². The number of benzene rings is 3. The normalized spacial score (nSPS) is 20.8. The minimum atomic E-state index is -0.845. The number of nitrogens with one attached hydrogen (secondary N) is 1. The molecule has 8 heteroatoms. The summed E-state index contributed by atoms with van der Waals surface area (Å²) < 4.78 is 18.1. The molecular weight excluding hydrogens is 544 g/mol. The fraction of sp³-hybridized carbons (Fsp3) is 0.371. The zero-order valence-corrected chi connectivity index (χ0v) is 25.4. The molecule has 0 aromatic heterocycles. The van der Waals surface area contributed by atoms with Crippen LogP contribution in [-0.2, 0) is 37.0 Å². The molecule has 0 saturated carbocycles.